The van der Waals surface area contributed by atoms with E-state index in [1.54, 1.807) is 0 Å². The van der Waals surface area contributed by atoms with Crippen LogP contribution in [0.2, 0.25) is 0 Å². The van der Waals surface area contributed by atoms with Crippen LogP contribution in [0.1, 0.15) is 98.0 Å². The maximum atomic E-state index is 14.7. The van der Waals surface area contributed by atoms with Gasteiger partial charge in [0.1, 0.15) is 11.4 Å². The summed E-state index contributed by atoms with van der Waals surface area (Å²) in [5, 5.41) is 0. The number of para-hydroxylation sites is 2. The van der Waals surface area contributed by atoms with Gasteiger partial charge in [-0.2, -0.15) is 0 Å². The minimum atomic E-state index is -0.163. The van der Waals surface area contributed by atoms with Gasteiger partial charge in [0.15, 0.2) is 0 Å². The molecule has 226 valence electrons. The number of benzene rings is 2. The molecule has 1 aromatic heterocycles. The standard InChI is InChI=1S/C39H43N3O2/c43-36(41(32-8-3-1-4-9-32)38-20-26-14-27(21-38)16-28(15-26)22-38)34-12-7-13-35(40-34)37(44)42(33-10-5-2-6-11-33)39-23-29-17-30(24-39)19-31(18-29)25-39/h1-13,26-31H,14-25H2. The summed E-state index contributed by atoms with van der Waals surface area (Å²) in [6.07, 6.45) is 14.4. The van der Waals surface area contributed by atoms with E-state index in [2.05, 4.69) is 34.1 Å². The summed E-state index contributed by atoms with van der Waals surface area (Å²) in [7, 11) is 0. The molecule has 5 nitrogen and oxygen atoms in total. The Kier molecular flexibility index (Phi) is 6.12. The molecule has 44 heavy (non-hydrogen) atoms. The van der Waals surface area contributed by atoms with E-state index in [4.69, 9.17) is 4.98 Å². The Balaban J connectivity index is 1.09. The average molecular weight is 586 g/mol. The van der Waals surface area contributed by atoms with Crippen LogP contribution in [0.4, 0.5) is 11.4 Å². The molecule has 0 saturated heterocycles. The number of nitrogens with zero attached hydrogens (tertiary/aromatic N) is 3. The Hall–Kier alpha value is -3.47. The van der Waals surface area contributed by atoms with Gasteiger partial charge >= 0.3 is 0 Å². The van der Waals surface area contributed by atoms with Crippen LogP contribution in [0.3, 0.4) is 0 Å². The molecule has 0 radical (unpaired) electrons. The van der Waals surface area contributed by atoms with Crippen molar-refractivity contribution in [1.82, 2.24) is 4.98 Å². The van der Waals surface area contributed by atoms with E-state index >= 15 is 0 Å². The number of hydrogen-bond acceptors (Lipinski definition) is 3. The van der Waals surface area contributed by atoms with Crippen molar-refractivity contribution in [3.63, 3.8) is 0 Å². The molecule has 0 unspecified atom stereocenters. The second kappa shape index (κ2) is 10.0. The molecule has 0 N–H and O–H groups in total. The third kappa shape index (κ3) is 4.29. The maximum absolute atomic E-state index is 14.7. The number of rotatable bonds is 6. The highest BCUT2D eigenvalue weighted by Crippen LogP contribution is 2.60. The number of carbonyl (C=O) groups is 2. The van der Waals surface area contributed by atoms with Gasteiger partial charge in [0, 0.05) is 22.5 Å². The van der Waals surface area contributed by atoms with Crippen molar-refractivity contribution in [2.75, 3.05) is 9.80 Å². The summed E-state index contributed by atoms with van der Waals surface area (Å²) in [5.74, 6) is 4.13. The first kappa shape index (κ1) is 26.9. The molecule has 0 aliphatic heterocycles. The van der Waals surface area contributed by atoms with Crippen molar-refractivity contribution in [1.29, 1.82) is 0 Å². The molecular formula is C39H43N3O2. The molecule has 8 saturated carbocycles. The monoisotopic (exact) mass is 585 g/mol. The normalized spacial score (nSPS) is 35.9. The van der Waals surface area contributed by atoms with Gasteiger partial charge in [0.25, 0.3) is 11.8 Å². The number of carbonyl (C=O) groups excluding carboxylic acids is 2. The lowest BCUT2D eigenvalue weighted by Crippen LogP contribution is -2.62. The van der Waals surface area contributed by atoms with E-state index in [0.29, 0.717) is 46.9 Å². The van der Waals surface area contributed by atoms with Crippen molar-refractivity contribution in [3.8, 4) is 0 Å². The lowest BCUT2D eigenvalue weighted by Gasteiger charge is -2.60. The molecule has 1 heterocycles. The number of pyridine rings is 1. The summed E-state index contributed by atoms with van der Waals surface area (Å²) in [6.45, 7) is 0. The van der Waals surface area contributed by atoms with Crippen LogP contribution in [0.15, 0.2) is 78.9 Å². The Morgan fingerprint density at radius 3 is 1.11 bits per heavy atom. The highest BCUT2D eigenvalue weighted by molar-refractivity contribution is 6.09. The average Bonchev–Trinajstić information content (AvgIpc) is 3.01. The molecule has 8 aliphatic carbocycles. The smallest absolute Gasteiger partial charge is 0.277 e. The topological polar surface area (TPSA) is 53.5 Å². The molecule has 3 aromatic rings. The Morgan fingerprint density at radius 1 is 0.477 bits per heavy atom. The number of hydrogen-bond donors (Lipinski definition) is 0. The highest BCUT2D eigenvalue weighted by Gasteiger charge is 2.57. The number of amides is 2. The Bertz CT molecular complexity index is 1400. The van der Waals surface area contributed by atoms with Gasteiger partial charge in [-0.05, 0) is 149 Å². The van der Waals surface area contributed by atoms with E-state index < -0.39 is 0 Å². The molecule has 0 atom stereocenters. The summed E-state index contributed by atoms with van der Waals surface area (Å²) < 4.78 is 0. The minimum Gasteiger partial charge on any atom is -0.301 e. The molecule has 0 spiro atoms. The van der Waals surface area contributed by atoms with Crippen molar-refractivity contribution < 1.29 is 9.59 Å². The van der Waals surface area contributed by atoms with E-state index in [1.807, 2.05) is 54.6 Å². The van der Waals surface area contributed by atoms with Crippen LogP contribution in [0.5, 0.6) is 0 Å². The van der Waals surface area contributed by atoms with E-state index in [-0.39, 0.29) is 22.9 Å². The Morgan fingerprint density at radius 2 is 0.795 bits per heavy atom. The molecule has 8 bridgehead atoms. The van der Waals surface area contributed by atoms with Gasteiger partial charge < -0.3 is 9.80 Å². The third-order valence-electron chi connectivity index (χ3n) is 12.6. The third-order valence-corrected chi connectivity index (χ3v) is 12.6. The first-order valence-corrected chi connectivity index (χ1v) is 17.2. The zero-order valence-corrected chi connectivity index (χ0v) is 25.6. The zero-order valence-electron chi connectivity index (χ0n) is 25.6. The van der Waals surface area contributed by atoms with Crippen LogP contribution in [-0.2, 0) is 0 Å². The van der Waals surface area contributed by atoms with E-state index in [9.17, 15) is 9.59 Å². The molecule has 8 fully saturated rings. The molecule has 2 amide bonds. The van der Waals surface area contributed by atoms with Gasteiger partial charge in [-0.25, -0.2) is 4.98 Å². The second-order valence-electron chi connectivity index (χ2n) is 15.6. The summed E-state index contributed by atoms with van der Waals surface area (Å²) >= 11 is 0. The van der Waals surface area contributed by atoms with Gasteiger partial charge in [-0.15, -0.1) is 0 Å². The van der Waals surface area contributed by atoms with Crippen LogP contribution in [-0.4, -0.2) is 27.9 Å². The fourth-order valence-electron chi connectivity index (χ4n) is 11.9. The molecule has 2 aromatic carbocycles. The first-order chi connectivity index (χ1) is 21.5. The second-order valence-corrected chi connectivity index (χ2v) is 15.6. The van der Waals surface area contributed by atoms with Gasteiger partial charge in [0.05, 0.1) is 0 Å². The summed E-state index contributed by atoms with van der Waals surface area (Å²) in [6, 6.07) is 26.0. The van der Waals surface area contributed by atoms with Crippen molar-refractivity contribution >= 4 is 23.2 Å². The largest absolute Gasteiger partial charge is 0.301 e. The lowest BCUT2D eigenvalue weighted by atomic mass is 9.52. The molecule has 5 heteroatoms. The number of aromatic nitrogens is 1. The SMILES string of the molecule is O=C(c1cccc(C(=O)N(c2ccccc2)C23CC4CC(CC(C4)C2)C3)n1)N(c1ccccc1)C12CC3CC(CC(C3)C1)C2. The lowest BCUT2D eigenvalue weighted by molar-refractivity contribution is -0.00335. The summed E-state index contributed by atoms with van der Waals surface area (Å²) in [4.78, 5) is 38.6. The zero-order chi connectivity index (χ0) is 29.5. The predicted molar refractivity (Wildman–Crippen MR) is 173 cm³/mol. The van der Waals surface area contributed by atoms with Crippen molar-refractivity contribution in [2.24, 2.45) is 35.5 Å². The predicted octanol–water partition coefficient (Wildman–Crippen LogP) is 8.31. The minimum absolute atomic E-state index is 0.0612. The quantitative estimate of drug-likeness (QED) is 0.292. The summed E-state index contributed by atoms with van der Waals surface area (Å²) in [5.41, 5.74) is 2.35. The Labute approximate surface area is 261 Å². The molecular weight excluding hydrogens is 542 g/mol. The van der Waals surface area contributed by atoms with Crippen LogP contribution >= 0.6 is 0 Å². The number of anilines is 2. The first-order valence-electron chi connectivity index (χ1n) is 17.2. The van der Waals surface area contributed by atoms with Crippen molar-refractivity contribution in [3.05, 3.63) is 90.3 Å². The fourth-order valence-corrected chi connectivity index (χ4v) is 11.9. The maximum Gasteiger partial charge on any atom is 0.277 e. The van der Waals surface area contributed by atoms with Gasteiger partial charge in [-0.3, -0.25) is 9.59 Å². The van der Waals surface area contributed by atoms with E-state index in [0.717, 1.165) is 49.9 Å². The van der Waals surface area contributed by atoms with Crippen LogP contribution in [0.25, 0.3) is 0 Å². The van der Waals surface area contributed by atoms with Crippen molar-refractivity contribution in [2.45, 2.75) is 88.1 Å². The molecule has 11 rings (SSSR count). The molecule has 8 aliphatic rings. The van der Waals surface area contributed by atoms with Gasteiger partial charge in [0.2, 0.25) is 0 Å². The highest BCUT2D eigenvalue weighted by atomic mass is 16.2. The van der Waals surface area contributed by atoms with E-state index in [1.165, 1.54) is 38.5 Å². The fraction of sp³-hybridized carbons (Fsp3) is 0.513. The van der Waals surface area contributed by atoms with Crippen LogP contribution in [0, 0.1) is 35.5 Å². The van der Waals surface area contributed by atoms with Gasteiger partial charge in [-0.1, -0.05) is 42.5 Å². The van der Waals surface area contributed by atoms with Crippen LogP contribution < -0.4 is 9.80 Å².